The lowest BCUT2D eigenvalue weighted by atomic mass is 9.94. The summed E-state index contributed by atoms with van der Waals surface area (Å²) in [4.78, 5) is 0. The second kappa shape index (κ2) is 27.5. The lowest BCUT2D eigenvalue weighted by molar-refractivity contribution is 0.0639. The van der Waals surface area contributed by atoms with Crippen LogP contribution in [0.1, 0.15) is 44.5 Å². The second-order valence-corrected chi connectivity index (χ2v) is 20.1. The van der Waals surface area contributed by atoms with Crippen molar-refractivity contribution in [3.63, 3.8) is 0 Å². The van der Waals surface area contributed by atoms with Gasteiger partial charge in [-0.1, -0.05) is 63.7 Å². The molecular weight excluding hydrogens is 1220 g/mol. The van der Waals surface area contributed by atoms with Crippen LogP contribution in [0.5, 0.6) is 69.0 Å². The van der Waals surface area contributed by atoms with E-state index in [0.29, 0.717) is 94.7 Å². The van der Waals surface area contributed by atoms with Gasteiger partial charge in [-0.15, -0.1) is 0 Å². The van der Waals surface area contributed by atoms with Crippen LogP contribution < -0.4 is 56.8 Å². The normalized spacial score (nSPS) is 13.2. The molecule has 0 spiro atoms. The SMILES string of the molecule is COc1cc(Br)c(Cc2cc3c(cc2Cc2cc(OC)c(OC)cc2Br)OCCOCCOc2cc(Cc4cc(OC)c(OC)cc4Br)c(Cc4cc(OC)c(OC)cc4Br)cc2OCCOCCO3)cc1OC. The monoisotopic (exact) mass is 1270 g/mol. The van der Waals surface area contributed by atoms with Gasteiger partial charge in [0.25, 0.3) is 0 Å². The predicted molar refractivity (Wildman–Crippen MR) is 297 cm³/mol. The Morgan fingerprint density at radius 1 is 0.270 bits per heavy atom. The number of hydrogen-bond donors (Lipinski definition) is 0. The molecule has 6 aromatic rings. The van der Waals surface area contributed by atoms with Crippen LogP contribution in [-0.4, -0.2) is 110 Å². The van der Waals surface area contributed by atoms with Crippen LogP contribution in [0.25, 0.3) is 0 Å². The quantitative estimate of drug-likeness (QED) is 0.0911. The lowest BCUT2D eigenvalue weighted by Crippen LogP contribution is -2.16. The van der Waals surface area contributed by atoms with E-state index in [9.17, 15) is 0 Å². The van der Waals surface area contributed by atoms with E-state index in [0.717, 1.165) is 62.4 Å². The van der Waals surface area contributed by atoms with E-state index in [1.54, 1.807) is 56.9 Å². The van der Waals surface area contributed by atoms with Crippen LogP contribution in [0, 0.1) is 0 Å². The van der Waals surface area contributed by atoms with Gasteiger partial charge >= 0.3 is 0 Å². The molecule has 1 aliphatic heterocycles. The number of halogens is 4. The highest BCUT2D eigenvalue weighted by molar-refractivity contribution is 9.11. The van der Waals surface area contributed by atoms with Crippen molar-refractivity contribution in [2.45, 2.75) is 25.7 Å². The molecule has 7 rings (SSSR count). The van der Waals surface area contributed by atoms with E-state index in [2.05, 4.69) is 63.7 Å². The fourth-order valence-corrected chi connectivity index (χ4v) is 10.2. The summed E-state index contributed by atoms with van der Waals surface area (Å²) in [6.45, 7) is 2.09. The molecule has 0 saturated carbocycles. The van der Waals surface area contributed by atoms with Gasteiger partial charge in [0, 0.05) is 17.9 Å². The molecule has 6 aromatic carbocycles. The Kier molecular flexibility index (Phi) is 21.0. The Hall–Kier alpha value is -5.24. The van der Waals surface area contributed by atoms with E-state index in [1.807, 2.05) is 72.8 Å². The molecule has 1 heterocycles. The van der Waals surface area contributed by atoms with E-state index in [4.69, 9.17) is 66.3 Å². The highest BCUT2D eigenvalue weighted by Gasteiger charge is 2.22. The summed E-state index contributed by atoms with van der Waals surface area (Å²) in [5, 5.41) is 0. The third-order valence-electron chi connectivity index (χ3n) is 12.2. The minimum atomic E-state index is 0.242. The zero-order chi connectivity index (χ0) is 52.7. The topological polar surface area (TPSA) is 129 Å². The van der Waals surface area contributed by atoms with Gasteiger partial charge in [-0.25, -0.2) is 0 Å². The van der Waals surface area contributed by atoms with E-state index < -0.39 is 0 Å². The number of benzene rings is 6. The van der Waals surface area contributed by atoms with Gasteiger partial charge in [0.05, 0.1) is 83.3 Å². The maximum Gasteiger partial charge on any atom is 0.161 e. The van der Waals surface area contributed by atoms with E-state index >= 15 is 0 Å². The molecule has 0 atom stereocenters. The number of fused-ring (bicyclic) bond motifs is 2. The van der Waals surface area contributed by atoms with Crippen LogP contribution in [0.3, 0.4) is 0 Å². The standard InChI is InChI=1S/C56H60Br4O14/c1-61-45-25-37(41(57)29-49(45)65-5)17-33-21-53-54(22-34(33)18-38-26-46(62-2)50(66-6)30-42(38)58)72-14-10-70-12-16-74-56-24-36(20-40-28-48(64-4)52(68-8)32-44(40)60)35(23-55(56)73-15-11-69-9-13-71-53)19-39-27-47(63-3)51(67-7)31-43(39)59/h21-32H,9-20H2,1-8H3. The van der Waals surface area contributed by atoms with Crippen molar-refractivity contribution in [2.75, 3.05) is 110 Å². The third kappa shape index (κ3) is 14.2. The van der Waals surface area contributed by atoms with Gasteiger partial charge in [0.15, 0.2) is 69.0 Å². The molecule has 14 nitrogen and oxygen atoms in total. The number of methoxy groups -OCH3 is 8. The number of rotatable bonds is 16. The Morgan fingerprint density at radius 2 is 0.459 bits per heavy atom. The van der Waals surface area contributed by atoms with Crippen molar-refractivity contribution in [1.82, 2.24) is 0 Å². The van der Waals surface area contributed by atoms with Crippen LogP contribution in [0.4, 0.5) is 0 Å². The van der Waals surface area contributed by atoms with Gasteiger partial charge < -0.3 is 66.3 Å². The van der Waals surface area contributed by atoms with E-state index in [-0.39, 0.29) is 52.9 Å². The smallest absolute Gasteiger partial charge is 0.161 e. The molecular formula is C56H60Br4O14. The molecule has 0 aliphatic carbocycles. The van der Waals surface area contributed by atoms with Crippen molar-refractivity contribution in [2.24, 2.45) is 0 Å². The summed E-state index contributed by atoms with van der Waals surface area (Å²) >= 11 is 15.1. The van der Waals surface area contributed by atoms with Crippen molar-refractivity contribution in [1.29, 1.82) is 0 Å². The molecule has 0 bridgehead atoms. The zero-order valence-electron chi connectivity index (χ0n) is 42.6. The minimum Gasteiger partial charge on any atom is -0.493 e. The zero-order valence-corrected chi connectivity index (χ0v) is 49.0. The fraction of sp³-hybridized carbons (Fsp3) is 0.357. The van der Waals surface area contributed by atoms with Gasteiger partial charge in [-0.2, -0.15) is 0 Å². The average Bonchev–Trinajstić information content (AvgIpc) is 3.40. The molecule has 0 N–H and O–H groups in total. The molecule has 18 heteroatoms. The van der Waals surface area contributed by atoms with Crippen LogP contribution in [0.15, 0.2) is 90.7 Å². The van der Waals surface area contributed by atoms with Crippen LogP contribution in [0.2, 0.25) is 0 Å². The summed E-state index contributed by atoms with van der Waals surface area (Å²) < 4.78 is 86.9. The molecule has 0 fully saturated rings. The molecule has 0 unspecified atom stereocenters. The van der Waals surface area contributed by atoms with Crippen molar-refractivity contribution in [3.8, 4) is 69.0 Å². The maximum atomic E-state index is 6.49. The fourth-order valence-electron chi connectivity index (χ4n) is 8.39. The average molecular weight is 1280 g/mol. The van der Waals surface area contributed by atoms with Gasteiger partial charge in [0.2, 0.25) is 0 Å². The molecule has 0 amide bonds. The highest BCUT2D eigenvalue weighted by Crippen LogP contribution is 2.42. The summed E-state index contributed by atoms with van der Waals surface area (Å²) in [7, 11) is 13.0. The first-order chi connectivity index (χ1) is 35.9. The van der Waals surface area contributed by atoms with Crippen LogP contribution in [-0.2, 0) is 35.2 Å². The Balaban J connectivity index is 1.17. The van der Waals surface area contributed by atoms with Crippen LogP contribution >= 0.6 is 63.7 Å². The van der Waals surface area contributed by atoms with Gasteiger partial charge in [0.1, 0.15) is 26.4 Å². The maximum absolute atomic E-state index is 6.49. The Bertz CT molecular complexity index is 2500. The highest BCUT2D eigenvalue weighted by atomic mass is 79.9. The first-order valence-electron chi connectivity index (χ1n) is 23.5. The second-order valence-electron chi connectivity index (χ2n) is 16.7. The van der Waals surface area contributed by atoms with Gasteiger partial charge in [-0.05, 0) is 143 Å². The summed E-state index contributed by atoms with van der Waals surface area (Å²) in [5.41, 5.74) is 7.96. The van der Waals surface area contributed by atoms with Gasteiger partial charge in [-0.3, -0.25) is 0 Å². The van der Waals surface area contributed by atoms with Crippen molar-refractivity contribution < 1.29 is 66.3 Å². The first-order valence-corrected chi connectivity index (χ1v) is 26.7. The molecule has 0 saturated heterocycles. The molecule has 0 radical (unpaired) electrons. The third-order valence-corrected chi connectivity index (χ3v) is 15.2. The van der Waals surface area contributed by atoms with Crippen molar-refractivity contribution in [3.05, 3.63) is 135 Å². The van der Waals surface area contributed by atoms with Crippen molar-refractivity contribution >= 4 is 63.7 Å². The minimum absolute atomic E-state index is 0.242. The van der Waals surface area contributed by atoms with E-state index in [1.165, 1.54) is 0 Å². The largest absolute Gasteiger partial charge is 0.493 e. The molecule has 74 heavy (non-hydrogen) atoms. The Morgan fingerprint density at radius 3 is 0.649 bits per heavy atom. The summed E-state index contributed by atoms with van der Waals surface area (Å²) in [6, 6.07) is 23.7. The number of hydrogen-bond acceptors (Lipinski definition) is 14. The first kappa shape index (κ1) is 56.5. The predicted octanol–water partition coefficient (Wildman–Crippen LogP) is 12.4. The summed E-state index contributed by atoms with van der Waals surface area (Å²) in [5.74, 6) is 7.21. The molecule has 1 aliphatic rings. The molecule has 396 valence electrons. The Labute approximate surface area is 466 Å². The lowest BCUT2D eigenvalue weighted by Gasteiger charge is -2.21. The number of ether oxygens (including phenoxy) is 14. The summed E-state index contributed by atoms with van der Waals surface area (Å²) in [6.07, 6.45) is 2.11. The molecule has 0 aromatic heterocycles.